The normalized spacial score (nSPS) is 15.1. The van der Waals surface area contributed by atoms with Gasteiger partial charge in [0.25, 0.3) is 0 Å². The van der Waals surface area contributed by atoms with Crippen molar-refractivity contribution in [1.82, 2.24) is 0 Å². The van der Waals surface area contributed by atoms with Crippen LogP contribution in [-0.4, -0.2) is 31.3 Å². The third-order valence-corrected chi connectivity index (χ3v) is 3.84. The average Bonchev–Trinajstić information content (AvgIpc) is 3.46. The summed E-state index contributed by atoms with van der Waals surface area (Å²) in [5.74, 6) is -0.305. The number of rotatable bonds is 7. The number of hydrogen-bond acceptors (Lipinski definition) is 6. The number of epoxide rings is 1. The second-order valence-electron chi connectivity index (χ2n) is 6.35. The SMILES string of the molecule is C=C(C)C(=O)Oc1cc(OCC2CO2)c(OC(=O)C(=C)C)c2ccccc12. The van der Waals surface area contributed by atoms with Crippen LogP contribution in [0, 0.1) is 0 Å². The van der Waals surface area contributed by atoms with Crippen molar-refractivity contribution in [1.29, 1.82) is 0 Å². The summed E-state index contributed by atoms with van der Waals surface area (Å²) in [5.41, 5.74) is 0.527. The van der Waals surface area contributed by atoms with E-state index in [1.54, 1.807) is 38.1 Å². The fraction of sp³-hybridized carbons (Fsp3) is 0.238. The van der Waals surface area contributed by atoms with Crippen LogP contribution in [0.3, 0.4) is 0 Å². The van der Waals surface area contributed by atoms with Crippen LogP contribution >= 0.6 is 0 Å². The lowest BCUT2D eigenvalue weighted by Gasteiger charge is -2.16. The van der Waals surface area contributed by atoms with E-state index in [1.165, 1.54) is 6.07 Å². The molecule has 140 valence electrons. The smallest absolute Gasteiger partial charge is 0.338 e. The van der Waals surface area contributed by atoms with Crippen LogP contribution < -0.4 is 14.2 Å². The highest BCUT2D eigenvalue weighted by molar-refractivity contribution is 6.01. The van der Waals surface area contributed by atoms with E-state index < -0.39 is 11.9 Å². The van der Waals surface area contributed by atoms with Crippen molar-refractivity contribution in [2.75, 3.05) is 13.2 Å². The molecule has 1 aliphatic heterocycles. The average molecular weight is 368 g/mol. The molecule has 0 radical (unpaired) electrons. The standard InChI is InChI=1S/C21H20O6/c1-12(2)20(22)26-17-9-18(25-11-14-10-24-14)19(27-21(23)13(3)4)16-8-6-5-7-15(16)17/h5-9,14H,1,3,10-11H2,2,4H3. The Hall–Kier alpha value is -3.12. The first kappa shape index (κ1) is 18.7. The van der Waals surface area contributed by atoms with Crippen molar-refractivity contribution in [3.8, 4) is 17.2 Å². The van der Waals surface area contributed by atoms with Gasteiger partial charge in [-0.2, -0.15) is 0 Å². The Labute approximate surface area is 157 Å². The van der Waals surface area contributed by atoms with Gasteiger partial charge in [-0.3, -0.25) is 0 Å². The maximum atomic E-state index is 12.1. The number of benzene rings is 2. The molecule has 1 heterocycles. The monoisotopic (exact) mass is 368 g/mol. The zero-order valence-corrected chi connectivity index (χ0v) is 15.2. The Kier molecular flexibility index (Phi) is 5.28. The minimum absolute atomic E-state index is 0.00239. The molecule has 2 aromatic rings. The van der Waals surface area contributed by atoms with E-state index in [-0.39, 0.29) is 28.7 Å². The molecule has 0 spiro atoms. The van der Waals surface area contributed by atoms with E-state index in [0.717, 1.165) is 0 Å². The maximum absolute atomic E-state index is 12.1. The summed E-state index contributed by atoms with van der Waals surface area (Å²) in [6.07, 6.45) is 0.00239. The van der Waals surface area contributed by atoms with Gasteiger partial charge in [0.1, 0.15) is 18.5 Å². The molecule has 0 saturated carbocycles. The molecule has 0 N–H and O–H groups in total. The minimum Gasteiger partial charge on any atom is -0.487 e. The summed E-state index contributed by atoms with van der Waals surface area (Å²) in [5, 5.41) is 1.18. The Morgan fingerprint density at radius 1 is 1.04 bits per heavy atom. The van der Waals surface area contributed by atoms with Gasteiger partial charge in [-0.25, -0.2) is 9.59 Å². The lowest BCUT2D eigenvalue weighted by molar-refractivity contribution is -0.131. The van der Waals surface area contributed by atoms with E-state index in [1.807, 2.05) is 0 Å². The minimum atomic E-state index is -0.570. The van der Waals surface area contributed by atoms with Crippen LogP contribution in [0.1, 0.15) is 13.8 Å². The molecule has 3 rings (SSSR count). The predicted octanol–water partition coefficient (Wildman–Crippen LogP) is 3.58. The van der Waals surface area contributed by atoms with Gasteiger partial charge in [-0.15, -0.1) is 0 Å². The van der Waals surface area contributed by atoms with Crippen LogP contribution in [0.15, 0.2) is 54.6 Å². The summed E-state index contributed by atoms with van der Waals surface area (Å²) in [4.78, 5) is 24.1. The van der Waals surface area contributed by atoms with Gasteiger partial charge >= 0.3 is 11.9 Å². The Bertz CT molecular complexity index is 939. The highest BCUT2D eigenvalue weighted by atomic mass is 16.6. The summed E-state index contributed by atoms with van der Waals surface area (Å²) in [7, 11) is 0. The van der Waals surface area contributed by atoms with Gasteiger partial charge in [0.2, 0.25) is 0 Å². The molecule has 6 nitrogen and oxygen atoms in total. The van der Waals surface area contributed by atoms with Gasteiger partial charge in [-0.1, -0.05) is 37.4 Å². The molecule has 6 heteroatoms. The second-order valence-corrected chi connectivity index (χ2v) is 6.35. The molecule has 1 aliphatic rings. The summed E-state index contributed by atoms with van der Waals surface area (Å²) in [6.45, 7) is 11.2. The Balaban J connectivity index is 2.09. The number of hydrogen-bond donors (Lipinski definition) is 0. The summed E-state index contributed by atoms with van der Waals surface area (Å²) < 4.78 is 21.9. The van der Waals surface area contributed by atoms with E-state index in [2.05, 4.69) is 13.2 Å². The van der Waals surface area contributed by atoms with Crippen molar-refractivity contribution in [3.05, 3.63) is 54.6 Å². The summed E-state index contributed by atoms with van der Waals surface area (Å²) >= 11 is 0. The molecule has 1 saturated heterocycles. The van der Waals surface area contributed by atoms with E-state index >= 15 is 0 Å². The van der Waals surface area contributed by atoms with Crippen molar-refractivity contribution in [2.45, 2.75) is 20.0 Å². The van der Waals surface area contributed by atoms with Gasteiger partial charge in [-0.05, 0) is 13.8 Å². The van der Waals surface area contributed by atoms with Crippen LogP contribution in [-0.2, 0) is 14.3 Å². The first-order valence-corrected chi connectivity index (χ1v) is 8.42. The molecule has 0 aliphatic carbocycles. The number of carbonyl (C=O) groups excluding carboxylic acids is 2. The zero-order chi connectivity index (χ0) is 19.6. The van der Waals surface area contributed by atoms with E-state index in [0.29, 0.717) is 29.7 Å². The fourth-order valence-electron chi connectivity index (χ4n) is 2.30. The van der Waals surface area contributed by atoms with Crippen LogP contribution in [0.2, 0.25) is 0 Å². The molecule has 0 aromatic heterocycles. The van der Waals surface area contributed by atoms with Crippen LogP contribution in [0.5, 0.6) is 17.2 Å². The zero-order valence-electron chi connectivity index (χ0n) is 15.2. The van der Waals surface area contributed by atoms with Gasteiger partial charge < -0.3 is 18.9 Å². The third-order valence-electron chi connectivity index (χ3n) is 3.84. The highest BCUT2D eigenvalue weighted by Gasteiger charge is 2.26. The largest absolute Gasteiger partial charge is 0.487 e. The molecule has 1 fully saturated rings. The predicted molar refractivity (Wildman–Crippen MR) is 100 cm³/mol. The fourth-order valence-corrected chi connectivity index (χ4v) is 2.30. The number of carbonyl (C=O) groups is 2. The molecular formula is C21H20O6. The quantitative estimate of drug-likeness (QED) is 0.322. The van der Waals surface area contributed by atoms with Crippen molar-refractivity contribution in [2.24, 2.45) is 0 Å². The molecular weight excluding hydrogens is 348 g/mol. The third kappa shape index (κ3) is 4.35. The lowest BCUT2D eigenvalue weighted by Crippen LogP contribution is -2.13. The van der Waals surface area contributed by atoms with Crippen molar-refractivity contribution in [3.63, 3.8) is 0 Å². The molecule has 0 bridgehead atoms. The Morgan fingerprint density at radius 2 is 1.63 bits per heavy atom. The Morgan fingerprint density at radius 3 is 2.22 bits per heavy atom. The van der Waals surface area contributed by atoms with E-state index in [4.69, 9.17) is 18.9 Å². The summed E-state index contributed by atoms with van der Waals surface area (Å²) in [6, 6.07) is 8.64. The molecule has 1 unspecified atom stereocenters. The number of fused-ring (bicyclic) bond motifs is 1. The van der Waals surface area contributed by atoms with E-state index in [9.17, 15) is 9.59 Å². The number of ether oxygens (including phenoxy) is 4. The number of esters is 2. The molecule has 1 atom stereocenters. The van der Waals surface area contributed by atoms with Gasteiger partial charge in [0.15, 0.2) is 11.5 Å². The molecule has 2 aromatic carbocycles. The topological polar surface area (TPSA) is 74.4 Å². The second kappa shape index (κ2) is 7.63. The lowest BCUT2D eigenvalue weighted by atomic mass is 10.1. The van der Waals surface area contributed by atoms with Crippen molar-refractivity contribution >= 4 is 22.7 Å². The van der Waals surface area contributed by atoms with Crippen LogP contribution in [0.25, 0.3) is 10.8 Å². The highest BCUT2D eigenvalue weighted by Crippen LogP contribution is 2.42. The first-order valence-electron chi connectivity index (χ1n) is 8.42. The van der Waals surface area contributed by atoms with Crippen molar-refractivity contribution < 1.29 is 28.5 Å². The van der Waals surface area contributed by atoms with Crippen LogP contribution in [0.4, 0.5) is 0 Å². The van der Waals surface area contributed by atoms with Gasteiger partial charge in [0, 0.05) is 28.0 Å². The van der Waals surface area contributed by atoms with Gasteiger partial charge in [0.05, 0.1) is 6.61 Å². The molecule has 27 heavy (non-hydrogen) atoms. The molecule has 0 amide bonds. The maximum Gasteiger partial charge on any atom is 0.338 e. The first-order chi connectivity index (χ1) is 12.9.